The predicted octanol–water partition coefficient (Wildman–Crippen LogP) is 1.86. The Balaban J connectivity index is 2.05. The summed E-state index contributed by atoms with van der Waals surface area (Å²) >= 11 is 0. The van der Waals surface area contributed by atoms with Gasteiger partial charge in [0.15, 0.2) is 0 Å². The average Bonchev–Trinajstić information content (AvgIpc) is 2.80. The molecule has 1 aromatic heterocycles. The van der Waals surface area contributed by atoms with Crippen LogP contribution in [0.5, 0.6) is 5.75 Å². The van der Waals surface area contributed by atoms with Gasteiger partial charge in [0.05, 0.1) is 7.11 Å². The van der Waals surface area contributed by atoms with Crippen molar-refractivity contribution in [1.82, 2.24) is 10.3 Å². The fourth-order valence-electron chi connectivity index (χ4n) is 1.80. The Hall–Kier alpha value is -1.97. The first kappa shape index (κ1) is 8.17. The van der Waals surface area contributed by atoms with Crippen molar-refractivity contribution >= 4 is 16.8 Å². The molecule has 0 saturated carbocycles. The molecule has 90 valence electrons. The van der Waals surface area contributed by atoms with Crippen LogP contribution in [0.1, 0.15) is 16.5 Å². The number of nitrogens with one attached hydrogen (secondary N) is 2. The lowest BCUT2D eigenvalue weighted by molar-refractivity contribution is -0.118. The Bertz CT molecular complexity index is 620. The number of methoxy groups -OCH3 is 1. The molecule has 0 fully saturated rings. The van der Waals surface area contributed by atoms with E-state index in [-0.39, 0.29) is 6.54 Å². The molecule has 2 rings (SSSR count). The van der Waals surface area contributed by atoms with E-state index in [2.05, 4.69) is 10.3 Å². The molecule has 17 heavy (non-hydrogen) atoms. The van der Waals surface area contributed by atoms with Gasteiger partial charge in [0.25, 0.3) is 0 Å². The van der Waals surface area contributed by atoms with E-state index in [1.54, 1.807) is 7.11 Å². The van der Waals surface area contributed by atoms with Gasteiger partial charge in [-0.15, -0.1) is 0 Å². The Labute approximate surface area is 104 Å². The van der Waals surface area contributed by atoms with E-state index < -0.39 is 12.8 Å². The summed E-state index contributed by atoms with van der Waals surface area (Å²) < 4.78 is 26.1. The molecule has 0 spiro atoms. The summed E-state index contributed by atoms with van der Waals surface area (Å²) in [6.45, 7) is -2.31. The first-order valence-electron chi connectivity index (χ1n) is 6.84. The number of H-pyrrole nitrogens is 1. The van der Waals surface area contributed by atoms with Gasteiger partial charge in [-0.25, -0.2) is 0 Å². The zero-order valence-electron chi connectivity index (χ0n) is 12.5. The molecule has 2 aromatic rings. The van der Waals surface area contributed by atoms with Gasteiger partial charge in [-0.1, -0.05) is 0 Å². The van der Waals surface area contributed by atoms with Gasteiger partial charge in [0, 0.05) is 34.6 Å². The molecule has 0 saturated heterocycles. The van der Waals surface area contributed by atoms with Crippen LogP contribution in [0.4, 0.5) is 0 Å². The maximum atomic E-state index is 11.3. The fraction of sp³-hybridized carbons (Fsp3) is 0.308. The molecule has 4 heteroatoms. The van der Waals surface area contributed by atoms with Gasteiger partial charge in [0.2, 0.25) is 5.91 Å². The van der Waals surface area contributed by atoms with E-state index >= 15 is 0 Å². The lowest BCUT2D eigenvalue weighted by atomic mass is 10.1. The predicted molar refractivity (Wildman–Crippen MR) is 67.2 cm³/mol. The smallest absolute Gasteiger partial charge is 0.216 e. The summed E-state index contributed by atoms with van der Waals surface area (Å²) in [6.07, 6.45) is 2.40. The molecule has 0 bridgehead atoms. The first-order chi connectivity index (χ1) is 9.41. The number of hydrogen-bond acceptors (Lipinski definition) is 2. The zero-order valence-corrected chi connectivity index (χ0v) is 9.54. The number of fused-ring (bicyclic) bond motifs is 1. The van der Waals surface area contributed by atoms with E-state index in [1.165, 1.54) is 0 Å². The highest BCUT2D eigenvalue weighted by Crippen LogP contribution is 2.23. The number of carbonyl (C=O) groups excluding carboxylic acids is 1. The van der Waals surface area contributed by atoms with Crippen LogP contribution < -0.4 is 10.1 Å². The highest BCUT2D eigenvalue weighted by molar-refractivity contribution is 5.84. The number of benzene rings is 1. The molecule has 4 nitrogen and oxygen atoms in total. The second-order valence-corrected chi connectivity index (χ2v) is 3.73. The standard InChI is InChI=1S/C13H16N2O2/c1-9(16)14-6-5-10-8-15-13-4-3-11(17-2)7-12(10)13/h3-4,7-8,15H,5-6H2,1-2H3,(H,14,16)/i1D3. The topological polar surface area (TPSA) is 54.1 Å². The lowest BCUT2D eigenvalue weighted by Crippen LogP contribution is -2.22. The molecule has 0 radical (unpaired) electrons. The highest BCUT2D eigenvalue weighted by Gasteiger charge is 2.05. The van der Waals surface area contributed by atoms with Gasteiger partial charge in [-0.05, 0) is 30.2 Å². The number of hydrogen-bond donors (Lipinski definition) is 2. The minimum absolute atomic E-state index is 0.279. The van der Waals surface area contributed by atoms with Crippen molar-refractivity contribution in [2.24, 2.45) is 0 Å². The Morgan fingerprint density at radius 2 is 2.47 bits per heavy atom. The summed E-state index contributed by atoms with van der Waals surface area (Å²) in [5.41, 5.74) is 1.98. The van der Waals surface area contributed by atoms with E-state index in [0.29, 0.717) is 6.42 Å². The summed E-state index contributed by atoms with van der Waals surface area (Å²) in [7, 11) is 1.60. The van der Waals surface area contributed by atoms with Crippen molar-refractivity contribution in [2.45, 2.75) is 13.3 Å². The Morgan fingerprint density at radius 3 is 3.24 bits per heavy atom. The van der Waals surface area contributed by atoms with E-state index in [0.717, 1.165) is 22.2 Å². The molecular weight excluding hydrogens is 216 g/mol. The third-order valence-corrected chi connectivity index (χ3v) is 2.65. The number of rotatable bonds is 4. The van der Waals surface area contributed by atoms with Crippen LogP contribution in [-0.4, -0.2) is 24.5 Å². The van der Waals surface area contributed by atoms with Crippen LogP contribution in [0.3, 0.4) is 0 Å². The van der Waals surface area contributed by atoms with Crippen LogP contribution >= 0.6 is 0 Å². The van der Waals surface area contributed by atoms with E-state index in [9.17, 15) is 4.79 Å². The molecule has 1 heterocycles. The summed E-state index contributed by atoms with van der Waals surface area (Å²) in [4.78, 5) is 14.4. The third kappa shape index (κ3) is 2.58. The molecule has 0 aliphatic rings. The molecule has 0 aliphatic carbocycles. The van der Waals surface area contributed by atoms with Gasteiger partial charge in [0.1, 0.15) is 5.75 Å². The van der Waals surface area contributed by atoms with Crippen LogP contribution in [0, 0.1) is 0 Å². The van der Waals surface area contributed by atoms with Crippen LogP contribution in [0.25, 0.3) is 10.9 Å². The van der Waals surface area contributed by atoms with Crippen molar-refractivity contribution < 1.29 is 13.6 Å². The first-order valence-corrected chi connectivity index (χ1v) is 5.34. The monoisotopic (exact) mass is 235 g/mol. The molecule has 0 atom stereocenters. The normalized spacial score (nSPS) is 13.8. The Morgan fingerprint density at radius 1 is 1.59 bits per heavy atom. The Kier molecular flexibility index (Phi) is 2.36. The van der Waals surface area contributed by atoms with E-state index in [4.69, 9.17) is 8.85 Å². The van der Waals surface area contributed by atoms with E-state index in [1.807, 2.05) is 24.4 Å². The summed E-state index contributed by atoms with van der Waals surface area (Å²) in [5.74, 6) is -0.167. The SMILES string of the molecule is [2H]C([2H])([2H])C(=O)NCCc1c[nH]c2ccc(OC)cc12. The quantitative estimate of drug-likeness (QED) is 0.849. The van der Waals surface area contributed by atoms with Crippen molar-refractivity contribution in [1.29, 1.82) is 0 Å². The number of amides is 1. The molecule has 1 amide bonds. The number of aromatic nitrogens is 1. The van der Waals surface area contributed by atoms with Crippen LogP contribution in [0.2, 0.25) is 0 Å². The molecule has 1 aromatic carbocycles. The molecule has 0 aliphatic heterocycles. The largest absolute Gasteiger partial charge is 0.497 e. The zero-order chi connectivity index (χ0) is 14.8. The molecule has 2 N–H and O–H groups in total. The summed E-state index contributed by atoms with van der Waals surface area (Å²) in [6, 6.07) is 5.68. The fourth-order valence-corrected chi connectivity index (χ4v) is 1.80. The minimum Gasteiger partial charge on any atom is -0.497 e. The van der Waals surface area contributed by atoms with Gasteiger partial charge >= 0.3 is 0 Å². The second kappa shape index (κ2) is 4.91. The molecular formula is C13H16N2O2. The number of ether oxygens (including phenoxy) is 1. The molecule has 0 unspecified atom stereocenters. The van der Waals surface area contributed by atoms with Crippen LogP contribution in [-0.2, 0) is 11.2 Å². The van der Waals surface area contributed by atoms with Gasteiger partial charge in [-0.3, -0.25) is 4.79 Å². The van der Waals surface area contributed by atoms with Crippen LogP contribution in [0.15, 0.2) is 24.4 Å². The maximum Gasteiger partial charge on any atom is 0.216 e. The second-order valence-electron chi connectivity index (χ2n) is 3.73. The van der Waals surface area contributed by atoms with Gasteiger partial charge in [-0.2, -0.15) is 0 Å². The minimum atomic E-state index is -2.59. The van der Waals surface area contributed by atoms with Crippen molar-refractivity contribution in [3.05, 3.63) is 30.0 Å². The van der Waals surface area contributed by atoms with Crippen molar-refractivity contribution in [3.8, 4) is 5.75 Å². The van der Waals surface area contributed by atoms with Gasteiger partial charge < -0.3 is 15.0 Å². The summed E-state index contributed by atoms with van der Waals surface area (Å²) in [5, 5.41) is 3.41. The maximum absolute atomic E-state index is 11.3. The van der Waals surface area contributed by atoms with Crippen molar-refractivity contribution in [2.75, 3.05) is 13.7 Å². The van der Waals surface area contributed by atoms with Crippen molar-refractivity contribution in [3.63, 3.8) is 0 Å². The lowest BCUT2D eigenvalue weighted by Gasteiger charge is -2.03. The number of aromatic amines is 1. The third-order valence-electron chi connectivity index (χ3n) is 2.65. The average molecular weight is 235 g/mol. The number of carbonyl (C=O) groups is 1. The highest BCUT2D eigenvalue weighted by atomic mass is 16.5.